The summed E-state index contributed by atoms with van der Waals surface area (Å²) in [5, 5.41) is 2.63. The van der Waals surface area contributed by atoms with Gasteiger partial charge >= 0.3 is 0 Å². The monoisotopic (exact) mass is 587 g/mol. The molecule has 0 saturated carbocycles. The van der Waals surface area contributed by atoms with E-state index in [1.807, 2.05) is 11.3 Å². The van der Waals surface area contributed by atoms with E-state index in [4.69, 9.17) is 0 Å². The van der Waals surface area contributed by atoms with Crippen LogP contribution in [0.3, 0.4) is 0 Å². The van der Waals surface area contributed by atoms with E-state index in [1.165, 1.54) is 87.2 Å². The molecule has 45 heavy (non-hydrogen) atoms. The van der Waals surface area contributed by atoms with Crippen LogP contribution in [0.5, 0.6) is 0 Å². The number of rotatable bonds is 3. The lowest BCUT2D eigenvalue weighted by atomic mass is 9.73. The average Bonchev–Trinajstić information content (AvgIpc) is 3.80. The second-order valence-corrected chi connectivity index (χ2v) is 13.5. The molecule has 1 aromatic heterocycles. The Hall–Kier alpha value is -5.44. The lowest BCUT2D eigenvalue weighted by Crippen LogP contribution is -2.23. The minimum Gasteiger partial charge on any atom is -0.310 e. The van der Waals surface area contributed by atoms with Gasteiger partial charge in [-0.05, 0) is 104 Å². The van der Waals surface area contributed by atoms with Crippen molar-refractivity contribution in [3.63, 3.8) is 0 Å². The van der Waals surface area contributed by atoms with Gasteiger partial charge in [0, 0.05) is 37.2 Å². The van der Waals surface area contributed by atoms with Crippen LogP contribution in [0.25, 0.3) is 53.6 Å². The molecule has 0 amide bonds. The van der Waals surface area contributed by atoms with Crippen molar-refractivity contribution in [1.29, 1.82) is 0 Å². The molecule has 0 saturated heterocycles. The molecule has 0 radical (unpaired) electrons. The van der Waals surface area contributed by atoms with E-state index >= 15 is 0 Å². The molecule has 1 atom stereocenters. The highest BCUT2D eigenvalue weighted by molar-refractivity contribution is 7.25. The van der Waals surface area contributed by atoms with E-state index in [1.54, 1.807) is 0 Å². The van der Waals surface area contributed by atoms with Crippen molar-refractivity contribution in [3.05, 3.63) is 174 Å². The van der Waals surface area contributed by atoms with Crippen LogP contribution >= 0.6 is 11.3 Å². The van der Waals surface area contributed by atoms with Gasteiger partial charge in [0.25, 0.3) is 0 Å². The largest absolute Gasteiger partial charge is 0.310 e. The summed E-state index contributed by atoms with van der Waals surface area (Å²) >= 11 is 1.87. The molecule has 1 nitrogen and oxygen atoms in total. The Bertz CT molecular complexity index is 2520. The quantitative estimate of drug-likeness (QED) is 0.199. The Labute approximate surface area is 265 Å². The maximum atomic E-state index is 2.50. The molecular weight excluding hydrogens is 563 g/mol. The minimum absolute atomic E-state index is 0.296. The number of anilines is 3. The molecule has 0 N–H and O–H groups in total. The van der Waals surface area contributed by atoms with Gasteiger partial charge in [0.05, 0.1) is 5.41 Å². The van der Waals surface area contributed by atoms with Gasteiger partial charge in [0.2, 0.25) is 0 Å². The normalized spacial score (nSPS) is 16.1. The second-order valence-electron chi connectivity index (χ2n) is 12.4. The molecule has 1 spiro atoms. The van der Waals surface area contributed by atoms with Crippen LogP contribution in [0.2, 0.25) is 0 Å². The van der Waals surface area contributed by atoms with Crippen molar-refractivity contribution in [2.75, 3.05) is 4.90 Å². The van der Waals surface area contributed by atoms with Crippen LogP contribution in [0.4, 0.5) is 17.1 Å². The van der Waals surface area contributed by atoms with Crippen molar-refractivity contribution in [3.8, 4) is 33.4 Å². The highest BCUT2D eigenvalue weighted by Gasteiger charge is 2.57. The van der Waals surface area contributed by atoms with Crippen molar-refractivity contribution in [2.45, 2.75) is 5.41 Å². The summed E-state index contributed by atoms with van der Waals surface area (Å²) in [4.78, 5) is 2.44. The zero-order valence-electron chi connectivity index (χ0n) is 24.3. The summed E-state index contributed by atoms with van der Waals surface area (Å²) in [6.45, 7) is 0. The fourth-order valence-corrected chi connectivity index (χ4v) is 9.84. The van der Waals surface area contributed by atoms with E-state index < -0.39 is 0 Å². The smallest absolute Gasteiger partial charge is 0.0738 e. The van der Waals surface area contributed by atoms with E-state index in [0.29, 0.717) is 0 Å². The van der Waals surface area contributed by atoms with Gasteiger partial charge < -0.3 is 4.90 Å². The van der Waals surface area contributed by atoms with E-state index in [9.17, 15) is 0 Å². The van der Waals surface area contributed by atoms with Gasteiger partial charge in [-0.1, -0.05) is 103 Å². The number of benzene rings is 7. The van der Waals surface area contributed by atoms with Gasteiger partial charge in [-0.25, -0.2) is 0 Å². The molecule has 11 rings (SSSR count). The van der Waals surface area contributed by atoms with Crippen molar-refractivity contribution < 1.29 is 0 Å². The molecule has 208 valence electrons. The Morgan fingerprint density at radius 1 is 0.378 bits per heavy atom. The predicted molar refractivity (Wildman–Crippen MR) is 189 cm³/mol. The van der Waals surface area contributed by atoms with Crippen LogP contribution in [-0.4, -0.2) is 0 Å². The SMILES string of the molecule is c1ccc(N(c2ccc3c(c2)C24c5ccccc5-c5cccc(c52)-c2cccc-3c24)c2ccc3sc4ccccc4c3c2)cc1. The third-order valence-electron chi connectivity index (χ3n) is 10.4. The Kier molecular flexibility index (Phi) is 4.46. The maximum absolute atomic E-state index is 2.50. The first-order valence-corrected chi connectivity index (χ1v) is 16.4. The average molecular weight is 588 g/mol. The molecule has 0 fully saturated rings. The molecule has 3 aliphatic carbocycles. The third-order valence-corrected chi connectivity index (χ3v) is 11.5. The minimum atomic E-state index is -0.296. The van der Waals surface area contributed by atoms with Gasteiger partial charge in [-0.3, -0.25) is 0 Å². The zero-order chi connectivity index (χ0) is 29.3. The van der Waals surface area contributed by atoms with Gasteiger partial charge in [-0.2, -0.15) is 0 Å². The second kappa shape index (κ2) is 8.38. The van der Waals surface area contributed by atoms with Crippen LogP contribution < -0.4 is 4.90 Å². The summed E-state index contributed by atoms with van der Waals surface area (Å²) in [5.41, 5.74) is 17.1. The first-order chi connectivity index (χ1) is 22.3. The van der Waals surface area contributed by atoms with Crippen LogP contribution in [-0.2, 0) is 5.41 Å². The molecule has 7 aromatic carbocycles. The standard InChI is InChI=1S/C43H25NS/c1-2-10-26(11-3-1)44(27-21-23-40-36(24-27)31-13-5-7-19-39(31)45-40)28-20-22-30-33-15-9-17-35-34-16-8-14-32-29-12-4-6-18-37(29)43(41(32)34,42(33)35)38(30)25-28/h1-25H. The van der Waals surface area contributed by atoms with Crippen LogP contribution in [0.1, 0.15) is 22.3 Å². The fraction of sp³-hybridized carbons (Fsp3) is 0.0233. The number of hydrogen-bond donors (Lipinski definition) is 0. The van der Waals surface area contributed by atoms with Crippen molar-refractivity contribution in [2.24, 2.45) is 0 Å². The Morgan fingerprint density at radius 3 is 1.76 bits per heavy atom. The molecule has 0 aliphatic heterocycles. The third kappa shape index (κ3) is 2.85. The number of para-hydroxylation sites is 1. The van der Waals surface area contributed by atoms with E-state index in [0.717, 1.165) is 5.69 Å². The Balaban J connectivity index is 1.21. The van der Waals surface area contributed by atoms with Crippen molar-refractivity contribution >= 4 is 48.6 Å². The lowest BCUT2D eigenvalue weighted by molar-refractivity contribution is 0.818. The summed E-state index contributed by atoms with van der Waals surface area (Å²) in [5.74, 6) is 0. The predicted octanol–water partition coefficient (Wildman–Crippen LogP) is 11.8. The van der Waals surface area contributed by atoms with Gasteiger partial charge in [0.15, 0.2) is 0 Å². The fourth-order valence-electron chi connectivity index (χ4n) is 8.76. The first-order valence-electron chi connectivity index (χ1n) is 15.6. The lowest BCUT2D eigenvalue weighted by Gasteiger charge is -2.30. The van der Waals surface area contributed by atoms with Crippen molar-refractivity contribution in [1.82, 2.24) is 0 Å². The number of nitrogens with zero attached hydrogens (tertiary/aromatic N) is 1. The highest BCUT2D eigenvalue weighted by Crippen LogP contribution is 2.70. The zero-order valence-corrected chi connectivity index (χ0v) is 25.1. The highest BCUT2D eigenvalue weighted by atomic mass is 32.1. The topological polar surface area (TPSA) is 3.24 Å². The van der Waals surface area contributed by atoms with Gasteiger partial charge in [0.1, 0.15) is 0 Å². The number of fused-ring (bicyclic) bond motifs is 8. The molecule has 2 heteroatoms. The van der Waals surface area contributed by atoms with E-state index in [-0.39, 0.29) is 5.41 Å². The molecule has 8 aromatic rings. The van der Waals surface area contributed by atoms with Crippen LogP contribution in [0.15, 0.2) is 152 Å². The summed E-state index contributed by atoms with van der Waals surface area (Å²) in [6, 6.07) is 56.7. The molecule has 3 aliphatic rings. The van der Waals surface area contributed by atoms with Gasteiger partial charge in [-0.15, -0.1) is 11.3 Å². The summed E-state index contributed by atoms with van der Waals surface area (Å²) < 4.78 is 2.65. The molecule has 1 heterocycles. The first kappa shape index (κ1) is 23.9. The number of thiophene rings is 1. The van der Waals surface area contributed by atoms with Crippen LogP contribution in [0, 0.1) is 0 Å². The van der Waals surface area contributed by atoms with E-state index in [2.05, 4.69) is 157 Å². The maximum Gasteiger partial charge on any atom is 0.0738 e. The Morgan fingerprint density at radius 2 is 0.956 bits per heavy atom. The summed E-state index contributed by atoms with van der Waals surface area (Å²) in [7, 11) is 0. The molecule has 0 bridgehead atoms. The molecular formula is C43H25NS. The number of hydrogen-bond acceptors (Lipinski definition) is 2. The summed E-state index contributed by atoms with van der Waals surface area (Å²) in [6.07, 6.45) is 0. The molecule has 1 unspecified atom stereocenters.